The Balaban J connectivity index is 1.71. The zero-order valence-electron chi connectivity index (χ0n) is 16.4. The van der Waals surface area contributed by atoms with Gasteiger partial charge in [0.15, 0.2) is 0 Å². The van der Waals surface area contributed by atoms with E-state index >= 15 is 0 Å². The van der Waals surface area contributed by atoms with E-state index in [1.165, 1.54) is 22.9 Å². The van der Waals surface area contributed by atoms with E-state index in [1.807, 2.05) is 6.07 Å². The molecular weight excluding hydrogens is 371 g/mol. The Morgan fingerprint density at radius 3 is 2.57 bits per heavy atom. The molecule has 3 aromatic rings. The third-order valence-electron chi connectivity index (χ3n) is 5.64. The van der Waals surface area contributed by atoms with E-state index in [0.717, 1.165) is 31.6 Å². The third-order valence-corrected chi connectivity index (χ3v) is 5.93. The van der Waals surface area contributed by atoms with Gasteiger partial charge >= 0.3 is 0 Å². The lowest BCUT2D eigenvalue weighted by atomic mass is 9.96. The van der Waals surface area contributed by atoms with E-state index in [1.54, 1.807) is 6.07 Å². The van der Waals surface area contributed by atoms with Crippen LogP contribution in [0.1, 0.15) is 54.6 Å². The number of nitrogens with zero attached hydrogens (tertiary/aromatic N) is 2. The summed E-state index contributed by atoms with van der Waals surface area (Å²) in [5.41, 5.74) is 4.99. The van der Waals surface area contributed by atoms with E-state index in [0.29, 0.717) is 5.92 Å². The maximum atomic E-state index is 13.6. The molecule has 0 aliphatic carbocycles. The molecule has 0 N–H and O–H groups in total. The quantitative estimate of drug-likeness (QED) is 0.495. The molecule has 28 heavy (non-hydrogen) atoms. The Hall–Kier alpha value is -2.10. The van der Waals surface area contributed by atoms with Crippen molar-refractivity contribution in [3.63, 3.8) is 0 Å². The van der Waals surface area contributed by atoms with Gasteiger partial charge in [-0.3, -0.25) is 4.90 Å². The average molecular weight is 397 g/mol. The number of hydrogen-bond donors (Lipinski definition) is 0. The molecule has 0 saturated heterocycles. The number of aromatic nitrogens is 1. The van der Waals surface area contributed by atoms with E-state index in [4.69, 9.17) is 11.6 Å². The summed E-state index contributed by atoms with van der Waals surface area (Å²) >= 11 is 6.03. The fourth-order valence-electron chi connectivity index (χ4n) is 4.13. The molecule has 0 amide bonds. The smallest absolute Gasteiger partial charge is 0.141 e. The Kier molecular flexibility index (Phi) is 5.56. The van der Waals surface area contributed by atoms with Crippen molar-refractivity contribution < 1.29 is 4.39 Å². The van der Waals surface area contributed by atoms with Gasteiger partial charge in [-0.15, -0.1) is 0 Å². The molecule has 2 nitrogen and oxygen atoms in total. The monoisotopic (exact) mass is 396 g/mol. The van der Waals surface area contributed by atoms with Crippen LogP contribution < -0.4 is 0 Å². The number of benzene rings is 2. The molecule has 4 heteroatoms. The summed E-state index contributed by atoms with van der Waals surface area (Å²) in [7, 11) is 0. The van der Waals surface area contributed by atoms with Gasteiger partial charge in [-0.2, -0.15) is 0 Å². The predicted molar refractivity (Wildman–Crippen MR) is 113 cm³/mol. The predicted octanol–water partition coefficient (Wildman–Crippen LogP) is 6.40. The summed E-state index contributed by atoms with van der Waals surface area (Å²) in [5, 5.41) is 0.188. The molecule has 2 heterocycles. The first-order chi connectivity index (χ1) is 13.5. The first kappa shape index (κ1) is 19.2. The summed E-state index contributed by atoms with van der Waals surface area (Å²) < 4.78 is 16.0. The second kappa shape index (κ2) is 8.10. The summed E-state index contributed by atoms with van der Waals surface area (Å²) in [4.78, 5) is 2.48. The van der Waals surface area contributed by atoms with Gasteiger partial charge in [-0.05, 0) is 53.3 Å². The summed E-state index contributed by atoms with van der Waals surface area (Å²) in [6, 6.07) is 18.6. The summed E-state index contributed by atoms with van der Waals surface area (Å²) in [5.74, 6) is 0.153. The number of halogens is 2. The van der Waals surface area contributed by atoms with Gasteiger partial charge in [0, 0.05) is 31.5 Å². The van der Waals surface area contributed by atoms with Crippen molar-refractivity contribution in [3.8, 4) is 0 Å². The van der Waals surface area contributed by atoms with Gasteiger partial charge in [-0.25, -0.2) is 4.39 Å². The number of aryl methyl sites for hydroxylation is 1. The molecule has 1 unspecified atom stereocenters. The molecule has 0 radical (unpaired) electrons. The van der Waals surface area contributed by atoms with Crippen LogP contribution >= 0.6 is 11.6 Å². The Morgan fingerprint density at radius 1 is 1.07 bits per heavy atom. The summed E-state index contributed by atoms with van der Waals surface area (Å²) in [6.07, 6.45) is 3.25. The Bertz CT molecular complexity index is 945. The van der Waals surface area contributed by atoms with Crippen LogP contribution in [0.2, 0.25) is 5.02 Å². The molecule has 0 fully saturated rings. The fraction of sp³-hybridized carbons (Fsp3) is 0.333. The number of hydrogen-bond acceptors (Lipinski definition) is 1. The van der Waals surface area contributed by atoms with Crippen molar-refractivity contribution in [1.82, 2.24) is 9.47 Å². The maximum Gasteiger partial charge on any atom is 0.141 e. The van der Waals surface area contributed by atoms with Crippen LogP contribution in [0.4, 0.5) is 4.39 Å². The van der Waals surface area contributed by atoms with Crippen LogP contribution in [0.15, 0.2) is 60.8 Å². The summed E-state index contributed by atoms with van der Waals surface area (Å²) in [6.45, 7) is 7.17. The van der Waals surface area contributed by atoms with Gasteiger partial charge < -0.3 is 4.57 Å². The van der Waals surface area contributed by atoms with Gasteiger partial charge in [0.05, 0.1) is 11.1 Å². The fourth-order valence-corrected chi connectivity index (χ4v) is 4.33. The molecule has 2 aromatic carbocycles. The van der Waals surface area contributed by atoms with E-state index in [9.17, 15) is 4.39 Å². The van der Waals surface area contributed by atoms with Crippen molar-refractivity contribution in [2.45, 2.75) is 45.3 Å². The van der Waals surface area contributed by atoms with Crippen LogP contribution in [0.3, 0.4) is 0 Å². The molecule has 0 saturated carbocycles. The van der Waals surface area contributed by atoms with Crippen molar-refractivity contribution in [2.24, 2.45) is 0 Å². The highest BCUT2D eigenvalue weighted by atomic mass is 35.5. The third kappa shape index (κ3) is 3.87. The van der Waals surface area contributed by atoms with Crippen molar-refractivity contribution in [3.05, 3.63) is 94.0 Å². The zero-order chi connectivity index (χ0) is 19.7. The second-order valence-electron chi connectivity index (χ2n) is 7.92. The van der Waals surface area contributed by atoms with E-state index in [-0.39, 0.29) is 16.9 Å². The SMILES string of the molecule is CC(C)c1ccc(C2c3cccn3CCCN2Cc2ccc(F)c(Cl)c2)cc1. The Morgan fingerprint density at radius 2 is 1.86 bits per heavy atom. The lowest BCUT2D eigenvalue weighted by molar-refractivity contribution is 0.220. The number of rotatable bonds is 4. The second-order valence-corrected chi connectivity index (χ2v) is 8.33. The van der Waals surface area contributed by atoms with Crippen molar-refractivity contribution in [2.75, 3.05) is 6.54 Å². The van der Waals surface area contributed by atoms with Crippen molar-refractivity contribution in [1.29, 1.82) is 0 Å². The normalized spacial score (nSPS) is 17.5. The van der Waals surface area contributed by atoms with E-state index < -0.39 is 0 Å². The zero-order valence-corrected chi connectivity index (χ0v) is 17.2. The first-order valence-corrected chi connectivity index (χ1v) is 10.3. The van der Waals surface area contributed by atoms with Gasteiger partial charge in [-0.1, -0.05) is 55.8 Å². The highest BCUT2D eigenvalue weighted by molar-refractivity contribution is 6.30. The lowest BCUT2D eigenvalue weighted by Gasteiger charge is -2.31. The minimum absolute atomic E-state index is 0.169. The van der Waals surface area contributed by atoms with Gasteiger partial charge in [0.2, 0.25) is 0 Å². The molecule has 4 rings (SSSR count). The van der Waals surface area contributed by atoms with Crippen molar-refractivity contribution >= 4 is 11.6 Å². The largest absolute Gasteiger partial charge is 0.350 e. The molecule has 1 aliphatic heterocycles. The van der Waals surface area contributed by atoms with Crippen LogP contribution in [-0.2, 0) is 13.1 Å². The molecule has 1 aliphatic rings. The minimum atomic E-state index is -0.365. The minimum Gasteiger partial charge on any atom is -0.350 e. The number of fused-ring (bicyclic) bond motifs is 1. The molecule has 1 atom stereocenters. The van der Waals surface area contributed by atoms with Crippen LogP contribution in [-0.4, -0.2) is 16.0 Å². The lowest BCUT2D eigenvalue weighted by Crippen LogP contribution is -2.29. The molecule has 0 bridgehead atoms. The molecule has 0 spiro atoms. The molecule has 1 aromatic heterocycles. The first-order valence-electron chi connectivity index (χ1n) is 9.96. The standard InChI is InChI=1S/C24H26ClFN2/c1-17(2)19-7-9-20(10-8-19)24-23-5-3-12-27(23)13-4-14-28(24)16-18-6-11-22(26)21(25)15-18/h3,5-12,15,17,24H,4,13-14,16H2,1-2H3. The van der Waals surface area contributed by atoms with Crippen LogP contribution in [0, 0.1) is 5.82 Å². The van der Waals surface area contributed by atoms with Crippen LogP contribution in [0.25, 0.3) is 0 Å². The Labute approximate surface area is 171 Å². The average Bonchev–Trinajstić information content (AvgIpc) is 3.06. The highest BCUT2D eigenvalue weighted by Gasteiger charge is 2.27. The molecular formula is C24H26ClFN2. The van der Waals surface area contributed by atoms with E-state index in [2.05, 4.69) is 65.9 Å². The topological polar surface area (TPSA) is 8.17 Å². The van der Waals surface area contributed by atoms with Gasteiger partial charge in [0.1, 0.15) is 5.82 Å². The molecule has 146 valence electrons. The highest BCUT2D eigenvalue weighted by Crippen LogP contribution is 2.34. The van der Waals surface area contributed by atoms with Gasteiger partial charge in [0.25, 0.3) is 0 Å². The maximum absolute atomic E-state index is 13.6. The van der Waals surface area contributed by atoms with Crippen LogP contribution in [0.5, 0.6) is 0 Å².